The number of nitrogens with zero attached hydrogens (tertiary/aromatic N) is 3. The third kappa shape index (κ3) is 7.37. The summed E-state index contributed by atoms with van der Waals surface area (Å²) >= 11 is 2.66. The summed E-state index contributed by atoms with van der Waals surface area (Å²) in [6, 6.07) is 8.43. The van der Waals surface area contributed by atoms with E-state index in [1.807, 2.05) is 0 Å². The fraction of sp³-hybridized carbons (Fsp3) is 0.440. The number of unbranched alkanes of at least 4 members (excludes halogenated alkanes) is 1. The minimum absolute atomic E-state index is 0.0366. The topological polar surface area (TPSA) is 129 Å². The van der Waals surface area contributed by atoms with Gasteiger partial charge in [-0.3, -0.25) is 5.32 Å². The molecule has 1 amide bonds. The van der Waals surface area contributed by atoms with Crippen LogP contribution < -0.4 is 5.32 Å². The van der Waals surface area contributed by atoms with E-state index >= 15 is 0 Å². The average Bonchev–Trinajstić information content (AvgIpc) is 3.61. The predicted molar refractivity (Wildman–Crippen MR) is 135 cm³/mol. The van der Waals surface area contributed by atoms with E-state index in [1.165, 1.54) is 0 Å². The van der Waals surface area contributed by atoms with Gasteiger partial charge in [0.2, 0.25) is 5.60 Å². The molecule has 1 saturated heterocycles. The van der Waals surface area contributed by atoms with Gasteiger partial charge in [0.05, 0.1) is 31.1 Å². The number of carbonyl (C=O) groups is 1. The number of anilines is 1. The highest BCUT2D eigenvalue weighted by molar-refractivity contribution is 9.10. The monoisotopic (exact) mass is 668 g/mol. The van der Waals surface area contributed by atoms with Crippen molar-refractivity contribution in [3.05, 3.63) is 58.0 Å². The van der Waals surface area contributed by atoms with Gasteiger partial charge in [-0.15, -0.1) is 10.2 Å². The molecule has 4 rings (SSSR count). The third-order valence-electron chi connectivity index (χ3n) is 6.19. The zero-order chi connectivity index (χ0) is 30.5. The molecule has 0 saturated carbocycles. The van der Waals surface area contributed by atoms with Crippen LogP contribution in [0.15, 0.2) is 45.4 Å². The first-order valence-corrected chi connectivity index (χ1v) is 13.2. The molecule has 10 nitrogen and oxygen atoms in total. The Balaban J connectivity index is 1.72. The van der Waals surface area contributed by atoms with Crippen LogP contribution in [0, 0.1) is 0 Å². The van der Waals surface area contributed by atoms with Crippen molar-refractivity contribution in [3.63, 3.8) is 0 Å². The van der Waals surface area contributed by atoms with E-state index in [-0.39, 0.29) is 12.8 Å². The number of alkyl halides is 6. The van der Waals surface area contributed by atoms with Crippen molar-refractivity contribution in [1.82, 2.24) is 15.2 Å². The smallest absolute Gasteiger partial charge is 0.426 e. The van der Waals surface area contributed by atoms with E-state index in [0.29, 0.717) is 31.3 Å². The van der Waals surface area contributed by atoms with Crippen LogP contribution in [0.5, 0.6) is 0 Å². The van der Waals surface area contributed by atoms with E-state index in [0.717, 1.165) is 0 Å². The van der Waals surface area contributed by atoms with Crippen LogP contribution in [0.4, 0.5) is 36.8 Å². The van der Waals surface area contributed by atoms with Crippen LogP contribution in [0.1, 0.15) is 42.7 Å². The van der Waals surface area contributed by atoms with Crippen molar-refractivity contribution in [2.24, 2.45) is 0 Å². The standard InChI is InChI=1S/C25H23BrF6N4O6/c26-19-15(24(27,28)29)12-16(33-22(37)38)18(34-19)20-35-36-21(42-20)23(25(30,31)32,41-13-14-6-2-1-3-7-14)9-5-4-8-17-39-10-11-40-17/h1-3,6-7,12,17,33H,4-5,8-11,13H2,(H,37,38)/t23-/m1/s1. The van der Waals surface area contributed by atoms with Crippen LogP contribution in [-0.4, -0.2) is 52.1 Å². The van der Waals surface area contributed by atoms with Crippen LogP contribution >= 0.6 is 15.9 Å². The number of rotatable bonds is 11. The van der Waals surface area contributed by atoms with Gasteiger partial charge in [0.25, 0.3) is 11.8 Å². The number of nitrogens with one attached hydrogen (secondary N) is 1. The first-order valence-electron chi connectivity index (χ1n) is 12.4. The lowest BCUT2D eigenvalue weighted by molar-refractivity contribution is -0.300. The molecule has 1 atom stereocenters. The molecule has 1 aliphatic rings. The number of hydrogen-bond donors (Lipinski definition) is 2. The third-order valence-corrected chi connectivity index (χ3v) is 6.80. The van der Waals surface area contributed by atoms with Crippen molar-refractivity contribution < 1.29 is 54.9 Å². The Morgan fingerprint density at radius 3 is 2.38 bits per heavy atom. The van der Waals surface area contributed by atoms with Gasteiger partial charge in [-0.2, -0.15) is 26.3 Å². The number of hydrogen-bond acceptors (Lipinski definition) is 8. The van der Waals surface area contributed by atoms with Gasteiger partial charge in [-0.1, -0.05) is 30.3 Å². The lowest BCUT2D eigenvalue weighted by Crippen LogP contribution is -2.45. The van der Waals surface area contributed by atoms with Gasteiger partial charge in [0.15, 0.2) is 12.0 Å². The summed E-state index contributed by atoms with van der Waals surface area (Å²) in [6.07, 6.45) is -12.4. The fourth-order valence-corrected chi connectivity index (χ4v) is 4.69. The molecular weight excluding hydrogens is 646 g/mol. The highest BCUT2D eigenvalue weighted by Gasteiger charge is 2.61. The molecule has 1 aromatic carbocycles. The second kappa shape index (κ2) is 12.9. The SMILES string of the molecule is O=C(O)Nc1cc(C(F)(F)F)c(Br)nc1-c1nnc([C@@](CCCCC2OCCO2)(OCc2ccccc2)C(F)(F)F)o1. The largest absolute Gasteiger partial charge is 0.465 e. The van der Waals surface area contributed by atoms with Crippen molar-refractivity contribution in [2.75, 3.05) is 18.5 Å². The number of aromatic nitrogens is 3. The molecule has 1 aliphatic heterocycles. The average molecular weight is 669 g/mol. The molecular formula is C25H23BrF6N4O6. The number of carboxylic acid groups (broad SMARTS) is 1. The van der Waals surface area contributed by atoms with E-state index in [9.17, 15) is 31.1 Å². The molecule has 3 aromatic rings. The molecule has 0 unspecified atom stereocenters. The van der Waals surface area contributed by atoms with Gasteiger partial charge < -0.3 is 23.7 Å². The molecule has 17 heteroatoms. The quantitative estimate of drug-likeness (QED) is 0.127. The molecule has 42 heavy (non-hydrogen) atoms. The molecule has 0 aliphatic carbocycles. The Labute approximate surface area is 242 Å². The summed E-state index contributed by atoms with van der Waals surface area (Å²) < 4.78 is 106. The molecule has 0 radical (unpaired) electrons. The van der Waals surface area contributed by atoms with Gasteiger partial charge in [0.1, 0.15) is 4.60 Å². The summed E-state index contributed by atoms with van der Waals surface area (Å²) in [7, 11) is 0. The number of benzene rings is 1. The minimum atomic E-state index is -5.09. The molecule has 0 spiro atoms. The van der Waals surface area contributed by atoms with Crippen molar-refractivity contribution in [1.29, 1.82) is 0 Å². The van der Waals surface area contributed by atoms with E-state index in [4.69, 9.17) is 23.7 Å². The van der Waals surface area contributed by atoms with Crippen LogP contribution in [0.2, 0.25) is 0 Å². The molecule has 2 aromatic heterocycles. The maximum absolute atomic E-state index is 14.9. The lowest BCUT2D eigenvalue weighted by atomic mass is 9.94. The molecule has 2 N–H and O–H groups in total. The molecule has 1 fully saturated rings. The summed E-state index contributed by atoms with van der Waals surface area (Å²) in [5.74, 6) is -1.80. The number of pyridine rings is 1. The number of halogens is 7. The zero-order valence-electron chi connectivity index (χ0n) is 21.5. The maximum atomic E-state index is 14.9. The number of amides is 1. The highest BCUT2D eigenvalue weighted by atomic mass is 79.9. The van der Waals surface area contributed by atoms with Gasteiger partial charge in [0, 0.05) is 0 Å². The van der Waals surface area contributed by atoms with E-state index in [1.54, 1.807) is 35.6 Å². The second-order valence-electron chi connectivity index (χ2n) is 9.08. The number of ether oxygens (including phenoxy) is 3. The zero-order valence-corrected chi connectivity index (χ0v) is 23.1. The molecule has 228 valence electrons. The molecule has 3 heterocycles. The first kappa shape index (κ1) is 31.7. The Morgan fingerprint density at radius 2 is 1.76 bits per heavy atom. The van der Waals surface area contributed by atoms with Crippen molar-refractivity contribution in [3.8, 4) is 11.6 Å². The Kier molecular flexibility index (Phi) is 9.74. The summed E-state index contributed by atoms with van der Waals surface area (Å²) in [5, 5.41) is 18.0. The second-order valence-corrected chi connectivity index (χ2v) is 9.83. The van der Waals surface area contributed by atoms with E-state index < -0.39 is 76.7 Å². The van der Waals surface area contributed by atoms with Crippen molar-refractivity contribution in [2.45, 2.75) is 56.5 Å². The molecule has 0 bridgehead atoms. The summed E-state index contributed by atoms with van der Waals surface area (Å²) in [5.41, 5.74) is -5.44. The van der Waals surface area contributed by atoms with Gasteiger partial charge >= 0.3 is 18.4 Å². The normalized spacial score (nSPS) is 16.0. The van der Waals surface area contributed by atoms with Crippen molar-refractivity contribution >= 4 is 27.7 Å². The van der Waals surface area contributed by atoms with Gasteiger partial charge in [-0.05, 0) is 53.2 Å². The minimum Gasteiger partial charge on any atom is -0.465 e. The Bertz CT molecular complexity index is 1370. The van der Waals surface area contributed by atoms with Crippen LogP contribution in [0.3, 0.4) is 0 Å². The maximum Gasteiger partial charge on any atom is 0.426 e. The predicted octanol–water partition coefficient (Wildman–Crippen LogP) is 6.91. The van der Waals surface area contributed by atoms with E-state index in [2.05, 4.69) is 31.1 Å². The Morgan fingerprint density at radius 1 is 1.07 bits per heavy atom. The summed E-state index contributed by atoms with van der Waals surface area (Å²) in [6.45, 7) is 0.270. The van der Waals surface area contributed by atoms with Crippen LogP contribution in [0.25, 0.3) is 11.6 Å². The highest BCUT2D eigenvalue weighted by Crippen LogP contribution is 2.47. The van der Waals surface area contributed by atoms with Crippen LogP contribution in [-0.2, 0) is 32.6 Å². The fourth-order valence-electron chi connectivity index (χ4n) is 4.17. The first-order chi connectivity index (χ1) is 19.8. The lowest BCUT2D eigenvalue weighted by Gasteiger charge is -2.32. The Hall–Kier alpha value is -3.28. The summed E-state index contributed by atoms with van der Waals surface area (Å²) in [4.78, 5) is 14.9. The van der Waals surface area contributed by atoms with Gasteiger partial charge in [-0.25, -0.2) is 9.78 Å².